The summed E-state index contributed by atoms with van der Waals surface area (Å²) >= 11 is 0. The third kappa shape index (κ3) is 2.99. The summed E-state index contributed by atoms with van der Waals surface area (Å²) in [4.78, 5) is 14.7. The van der Waals surface area contributed by atoms with Crippen molar-refractivity contribution < 1.29 is 9.34 Å². The number of anilines is 1. The van der Waals surface area contributed by atoms with Crippen LogP contribution in [0.15, 0.2) is 22.6 Å². The number of non-ortho nitro benzene ring substituents is 1. The summed E-state index contributed by atoms with van der Waals surface area (Å²) < 4.78 is 5.61. The van der Waals surface area contributed by atoms with Crippen LogP contribution < -0.4 is 5.32 Å². The van der Waals surface area contributed by atoms with Crippen molar-refractivity contribution in [2.45, 2.75) is 39.2 Å². The molecule has 3 rings (SSSR count). The molecule has 21 heavy (non-hydrogen) atoms. The van der Waals surface area contributed by atoms with Gasteiger partial charge < -0.3 is 9.73 Å². The first kappa shape index (κ1) is 13.9. The predicted molar refractivity (Wildman–Crippen MR) is 80.3 cm³/mol. The fourth-order valence-electron chi connectivity index (χ4n) is 3.33. The van der Waals surface area contributed by atoms with Gasteiger partial charge in [-0.2, -0.15) is 4.98 Å². The second kappa shape index (κ2) is 5.35. The first-order valence-corrected chi connectivity index (χ1v) is 7.33. The zero-order chi connectivity index (χ0) is 15.0. The first-order chi connectivity index (χ1) is 10.0. The first-order valence-electron chi connectivity index (χ1n) is 7.33. The van der Waals surface area contributed by atoms with Crippen molar-refractivity contribution >= 4 is 22.8 Å². The highest BCUT2D eigenvalue weighted by Crippen LogP contribution is 2.31. The fourth-order valence-corrected chi connectivity index (χ4v) is 3.33. The Hall–Kier alpha value is -2.11. The molecule has 0 bridgehead atoms. The summed E-state index contributed by atoms with van der Waals surface area (Å²) in [7, 11) is 0. The van der Waals surface area contributed by atoms with E-state index >= 15 is 0 Å². The summed E-state index contributed by atoms with van der Waals surface area (Å²) in [6.45, 7) is 4.53. The molecule has 1 heterocycles. The van der Waals surface area contributed by atoms with Crippen LogP contribution >= 0.6 is 0 Å². The topological polar surface area (TPSA) is 81.2 Å². The summed E-state index contributed by atoms with van der Waals surface area (Å²) in [5, 5.41) is 14.1. The summed E-state index contributed by atoms with van der Waals surface area (Å²) in [5.74, 6) is 1.38. The molecule has 1 aliphatic rings. The van der Waals surface area contributed by atoms with Crippen LogP contribution in [0.4, 0.5) is 11.7 Å². The van der Waals surface area contributed by atoms with E-state index in [1.807, 2.05) is 0 Å². The Balaban J connectivity index is 1.79. The van der Waals surface area contributed by atoms with Gasteiger partial charge in [0.1, 0.15) is 5.52 Å². The van der Waals surface area contributed by atoms with Gasteiger partial charge in [-0.25, -0.2) is 0 Å². The van der Waals surface area contributed by atoms with E-state index in [4.69, 9.17) is 4.42 Å². The van der Waals surface area contributed by atoms with Crippen molar-refractivity contribution in [2.75, 3.05) is 5.32 Å². The quantitative estimate of drug-likeness (QED) is 0.683. The van der Waals surface area contributed by atoms with Crippen molar-refractivity contribution in [1.82, 2.24) is 4.98 Å². The van der Waals surface area contributed by atoms with Gasteiger partial charge in [-0.3, -0.25) is 10.1 Å². The average Bonchev–Trinajstić information content (AvgIpc) is 2.78. The van der Waals surface area contributed by atoms with Gasteiger partial charge in [-0.15, -0.1) is 0 Å². The number of oxazole rings is 1. The second-order valence-corrected chi connectivity index (χ2v) is 6.19. The van der Waals surface area contributed by atoms with E-state index in [1.54, 1.807) is 6.07 Å². The molecule has 6 heteroatoms. The van der Waals surface area contributed by atoms with E-state index in [0.29, 0.717) is 35.0 Å². The fraction of sp³-hybridized carbons (Fsp3) is 0.533. The van der Waals surface area contributed by atoms with E-state index in [1.165, 1.54) is 18.6 Å². The molecule has 0 radical (unpaired) electrons. The Kier molecular flexibility index (Phi) is 3.53. The molecule has 1 fully saturated rings. The highest BCUT2D eigenvalue weighted by molar-refractivity contribution is 5.77. The molecule has 1 aromatic carbocycles. The Bertz CT molecular complexity index is 657. The van der Waals surface area contributed by atoms with Crippen molar-refractivity contribution in [3.63, 3.8) is 0 Å². The van der Waals surface area contributed by atoms with Gasteiger partial charge >= 0.3 is 0 Å². The molecular formula is C15H19N3O3. The molecule has 0 aliphatic heterocycles. The molecule has 112 valence electrons. The lowest BCUT2D eigenvalue weighted by atomic mass is 9.80. The van der Waals surface area contributed by atoms with Crippen LogP contribution in [-0.2, 0) is 0 Å². The van der Waals surface area contributed by atoms with Crippen molar-refractivity contribution in [1.29, 1.82) is 0 Å². The zero-order valence-electron chi connectivity index (χ0n) is 12.2. The van der Waals surface area contributed by atoms with Crippen molar-refractivity contribution in [2.24, 2.45) is 11.8 Å². The van der Waals surface area contributed by atoms with Crippen LogP contribution in [0.5, 0.6) is 0 Å². The van der Waals surface area contributed by atoms with Gasteiger partial charge in [0.25, 0.3) is 11.7 Å². The number of fused-ring (bicyclic) bond motifs is 1. The SMILES string of the molecule is CC1CC(C)CC(Nc2nc3ccc([N+](=O)[O-])cc3o2)C1. The molecule has 1 aliphatic carbocycles. The Labute approximate surface area is 122 Å². The lowest BCUT2D eigenvalue weighted by molar-refractivity contribution is -0.384. The number of nitrogens with one attached hydrogen (secondary N) is 1. The average molecular weight is 289 g/mol. The molecule has 2 atom stereocenters. The summed E-state index contributed by atoms with van der Waals surface area (Å²) in [6, 6.07) is 5.29. The lowest BCUT2D eigenvalue weighted by Crippen LogP contribution is -2.30. The van der Waals surface area contributed by atoms with Crippen LogP contribution in [0, 0.1) is 22.0 Å². The van der Waals surface area contributed by atoms with E-state index < -0.39 is 4.92 Å². The van der Waals surface area contributed by atoms with Gasteiger partial charge in [-0.1, -0.05) is 13.8 Å². The van der Waals surface area contributed by atoms with Crippen LogP contribution in [0.3, 0.4) is 0 Å². The highest BCUT2D eigenvalue weighted by Gasteiger charge is 2.25. The number of nitrogens with zero attached hydrogens (tertiary/aromatic N) is 2. The highest BCUT2D eigenvalue weighted by atomic mass is 16.6. The summed E-state index contributed by atoms with van der Waals surface area (Å²) in [5.41, 5.74) is 1.11. The molecule has 0 spiro atoms. The van der Waals surface area contributed by atoms with Crippen LogP contribution in [0.1, 0.15) is 33.1 Å². The standard InChI is InChI=1S/C15H19N3O3/c1-9-5-10(2)7-11(6-9)16-15-17-13-4-3-12(18(19)20)8-14(13)21-15/h3-4,8-11H,5-7H2,1-2H3,(H,16,17). The van der Waals surface area contributed by atoms with E-state index in [9.17, 15) is 10.1 Å². The molecule has 1 aromatic heterocycles. The van der Waals surface area contributed by atoms with Crippen molar-refractivity contribution in [3.8, 4) is 0 Å². The molecule has 1 N–H and O–H groups in total. The maximum Gasteiger partial charge on any atom is 0.295 e. The number of aromatic nitrogens is 1. The molecule has 1 saturated carbocycles. The number of hydrogen-bond donors (Lipinski definition) is 1. The monoisotopic (exact) mass is 289 g/mol. The van der Waals surface area contributed by atoms with E-state index in [0.717, 1.165) is 12.8 Å². The predicted octanol–water partition coefficient (Wildman–Crippen LogP) is 3.97. The minimum Gasteiger partial charge on any atom is -0.423 e. The van der Waals surface area contributed by atoms with Gasteiger partial charge in [0.2, 0.25) is 0 Å². The van der Waals surface area contributed by atoms with Gasteiger partial charge in [0.15, 0.2) is 5.58 Å². The van der Waals surface area contributed by atoms with Crippen LogP contribution in [0.2, 0.25) is 0 Å². The maximum absolute atomic E-state index is 10.8. The smallest absolute Gasteiger partial charge is 0.295 e. The normalized spacial score (nSPS) is 25.9. The largest absolute Gasteiger partial charge is 0.423 e. The minimum absolute atomic E-state index is 0.0186. The minimum atomic E-state index is -0.431. The Morgan fingerprint density at radius 1 is 1.29 bits per heavy atom. The Morgan fingerprint density at radius 2 is 2.00 bits per heavy atom. The molecule has 0 amide bonds. The number of hydrogen-bond acceptors (Lipinski definition) is 5. The maximum atomic E-state index is 10.8. The molecule has 6 nitrogen and oxygen atoms in total. The molecular weight excluding hydrogens is 270 g/mol. The summed E-state index contributed by atoms with van der Waals surface area (Å²) in [6.07, 6.45) is 3.46. The zero-order valence-corrected chi connectivity index (χ0v) is 12.2. The Morgan fingerprint density at radius 3 is 2.67 bits per heavy atom. The van der Waals surface area contributed by atoms with Crippen LogP contribution in [0.25, 0.3) is 11.1 Å². The van der Waals surface area contributed by atoms with Gasteiger partial charge in [-0.05, 0) is 37.2 Å². The number of nitro benzene ring substituents is 1. The van der Waals surface area contributed by atoms with E-state index in [-0.39, 0.29) is 5.69 Å². The van der Waals surface area contributed by atoms with Gasteiger partial charge in [0.05, 0.1) is 11.0 Å². The third-order valence-electron chi connectivity index (χ3n) is 4.09. The third-order valence-corrected chi connectivity index (χ3v) is 4.09. The number of rotatable bonds is 3. The van der Waals surface area contributed by atoms with Gasteiger partial charge in [0, 0.05) is 12.1 Å². The molecule has 2 aromatic rings. The van der Waals surface area contributed by atoms with Crippen molar-refractivity contribution in [3.05, 3.63) is 28.3 Å². The molecule has 0 saturated heterocycles. The molecule has 2 unspecified atom stereocenters. The lowest BCUT2D eigenvalue weighted by Gasteiger charge is -2.31. The number of benzene rings is 1. The van der Waals surface area contributed by atoms with Crippen LogP contribution in [-0.4, -0.2) is 15.9 Å². The second-order valence-electron chi connectivity index (χ2n) is 6.19. The van der Waals surface area contributed by atoms with E-state index in [2.05, 4.69) is 24.1 Å². The number of nitro groups is 1.